The first-order valence-electron chi connectivity index (χ1n) is 11.8. The first kappa shape index (κ1) is 29.9. The summed E-state index contributed by atoms with van der Waals surface area (Å²) >= 11 is 24.4. The van der Waals surface area contributed by atoms with Crippen LogP contribution in [0.2, 0.25) is 10.0 Å². The minimum atomic E-state index is -1.36. The van der Waals surface area contributed by atoms with Crippen LogP contribution >= 0.6 is 46.4 Å². The summed E-state index contributed by atoms with van der Waals surface area (Å²) in [6.07, 6.45) is 1.70. The van der Waals surface area contributed by atoms with Gasteiger partial charge in [0.05, 0.1) is 16.1 Å². The number of anilines is 1. The quantitative estimate of drug-likeness (QED) is 0.257. The van der Waals surface area contributed by atoms with Crippen LogP contribution in [0.3, 0.4) is 0 Å². The standard InChI is InChI=1S/C26H26Cl4N4O4/c1-4-22(36)32-24(14(2)3)20(35)9-11-34(26(37)25(29)30)15-8-10-31-18(12-15)21-13-19(33-38-21)23-16(27)6-5-7-17(23)28/h5-8,10,12-14,24-25H,4,9,11H2,1-3H3,(H,32,36). The monoisotopic (exact) mass is 598 g/mol. The normalized spacial score (nSPS) is 12.0. The van der Waals surface area contributed by atoms with E-state index in [1.165, 1.54) is 11.1 Å². The number of carbonyl (C=O) groups excluding carboxylic acids is 3. The van der Waals surface area contributed by atoms with E-state index < -0.39 is 16.8 Å². The second-order valence-electron chi connectivity index (χ2n) is 8.72. The van der Waals surface area contributed by atoms with Gasteiger partial charge in [0.15, 0.2) is 16.4 Å². The number of Topliss-reactive ketones (excluding diaryl/α,β-unsaturated/α-hetero) is 1. The summed E-state index contributed by atoms with van der Waals surface area (Å²) in [4.78, 5) is 42.0. The van der Waals surface area contributed by atoms with Crippen LogP contribution in [0.5, 0.6) is 0 Å². The smallest absolute Gasteiger partial charge is 0.260 e. The Balaban J connectivity index is 1.87. The van der Waals surface area contributed by atoms with Crippen molar-refractivity contribution in [1.82, 2.24) is 15.5 Å². The molecule has 0 radical (unpaired) electrons. The van der Waals surface area contributed by atoms with Crippen molar-refractivity contribution < 1.29 is 18.9 Å². The molecule has 3 rings (SSSR count). The minimum Gasteiger partial charge on any atom is -0.354 e. The molecule has 8 nitrogen and oxygen atoms in total. The van der Waals surface area contributed by atoms with Crippen LogP contribution in [0, 0.1) is 5.92 Å². The number of hydrogen-bond acceptors (Lipinski definition) is 6. The molecule has 2 heterocycles. The molecular weight excluding hydrogens is 574 g/mol. The number of halogens is 4. The highest BCUT2D eigenvalue weighted by Crippen LogP contribution is 2.36. The van der Waals surface area contributed by atoms with Crippen LogP contribution in [-0.2, 0) is 14.4 Å². The molecule has 3 aromatic rings. The number of ketones is 1. The highest BCUT2D eigenvalue weighted by Gasteiger charge is 2.27. The van der Waals surface area contributed by atoms with E-state index in [9.17, 15) is 14.4 Å². The van der Waals surface area contributed by atoms with Crippen molar-refractivity contribution in [2.75, 3.05) is 11.4 Å². The van der Waals surface area contributed by atoms with Gasteiger partial charge in [-0.1, -0.05) is 78.4 Å². The number of benzene rings is 1. The van der Waals surface area contributed by atoms with E-state index in [4.69, 9.17) is 50.9 Å². The zero-order chi connectivity index (χ0) is 28.0. The number of nitrogens with zero attached hydrogens (tertiary/aromatic N) is 3. The summed E-state index contributed by atoms with van der Waals surface area (Å²) in [6, 6.07) is 9.22. The minimum absolute atomic E-state index is 0.0147. The maximum atomic E-state index is 13.0. The number of aromatic nitrogens is 2. The Morgan fingerprint density at radius 1 is 1.05 bits per heavy atom. The third-order valence-electron chi connectivity index (χ3n) is 5.72. The molecule has 1 atom stereocenters. The van der Waals surface area contributed by atoms with Crippen molar-refractivity contribution in [3.8, 4) is 22.7 Å². The molecule has 202 valence electrons. The number of carbonyl (C=O) groups is 3. The van der Waals surface area contributed by atoms with Crippen molar-refractivity contribution in [2.45, 2.75) is 44.5 Å². The summed E-state index contributed by atoms with van der Waals surface area (Å²) in [7, 11) is 0. The molecule has 2 amide bonds. The van der Waals surface area contributed by atoms with Crippen molar-refractivity contribution in [1.29, 1.82) is 0 Å². The highest BCUT2D eigenvalue weighted by atomic mass is 35.5. The topological polar surface area (TPSA) is 105 Å². The predicted molar refractivity (Wildman–Crippen MR) is 150 cm³/mol. The molecule has 1 aromatic carbocycles. The lowest BCUT2D eigenvalue weighted by Crippen LogP contribution is -2.46. The van der Waals surface area contributed by atoms with Gasteiger partial charge in [-0.15, -0.1) is 0 Å². The zero-order valence-electron chi connectivity index (χ0n) is 20.9. The van der Waals surface area contributed by atoms with Crippen molar-refractivity contribution in [2.24, 2.45) is 5.92 Å². The Bertz CT molecular complexity index is 1290. The summed E-state index contributed by atoms with van der Waals surface area (Å²) in [5.41, 5.74) is 1.69. The van der Waals surface area contributed by atoms with E-state index >= 15 is 0 Å². The van der Waals surface area contributed by atoms with E-state index in [-0.39, 0.29) is 37.0 Å². The van der Waals surface area contributed by atoms with Crippen LogP contribution in [0.1, 0.15) is 33.6 Å². The maximum Gasteiger partial charge on any atom is 0.260 e. The third kappa shape index (κ3) is 7.26. The van der Waals surface area contributed by atoms with Crippen LogP contribution in [0.15, 0.2) is 47.1 Å². The molecule has 12 heteroatoms. The van der Waals surface area contributed by atoms with Gasteiger partial charge in [0.1, 0.15) is 11.4 Å². The van der Waals surface area contributed by atoms with Gasteiger partial charge in [0.2, 0.25) is 5.91 Å². The number of hydrogen-bond donors (Lipinski definition) is 1. The number of alkyl halides is 2. The fraction of sp³-hybridized carbons (Fsp3) is 0.346. The van der Waals surface area contributed by atoms with Gasteiger partial charge in [0, 0.05) is 42.9 Å². The van der Waals surface area contributed by atoms with E-state index in [0.29, 0.717) is 38.4 Å². The Morgan fingerprint density at radius 3 is 2.34 bits per heavy atom. The molecule has 0 aliphatic rings. The number of amides is 2. The van der Waals surface area contributed by atoms with Gasteiger partial charge < -0.3 is 14.7 Å². The van der Waals surface area contributed by atoms with Gasteiger partial charge in [-0.3, -0.25) is 19.4 Å². The van der Waals surface area contributed by atoms with Gasteiger partial charge >= 0.3 is 0 Å². The average molecular weight is 600 g/mol. The summed E-state index contributed by atoms with van der Waals surface area (Å²) in [6.45, 7) is 5.37. The average Bonchev–Trinajstić information content (AvgIpc) is 3.36. The summed E-state index contributed by atoms with van der Waals surface area (Å²) in [5, 5.41) is 7.62. The molecule has 0 bridgehead atoms. The number of nitrogens with one attached hydrogen (secondary N) is 1. The van der Waals surface area contributed by atoms with Gasteiger partial charge in [-0.25, -0.2) is 0 Å². The third-order valence-corrected chi connectivity index (χ3v) is 6.73. The molecule has 0 aliphatic heterocycles. The molecule has 0 saturated carbocycles. The van der Waals surface area contributed by atoms with Gasteiger partial charge in [0.25, 0.3) is 5.91 Å². The molecule has 0 spiro atoms. The second kappa shape index (κ2) is 13.4. The van der Waals surface area contributed by atoms with Crippen LogP contribution in [0.4, 0.5) is 5.69 Å². The van der Waals surface area contributed by atoms with Crippen LogP contribution < -0.4 is 10.2 Å². The largest absolute Gasteiger partial charge is 0.354 e. The molecule has 0 saturated heterocycles. The second-order valence-corrected chi connectivity index (χ2v) is 10.6. The zero-order valence-corrected chi connectivity index (χ0v) is 23.9. The lowest BCUT2D eigenvalue weighted by atomic mass is 9.97. The molecule has 0 aliphatic carbocycles. The maximum absolute atomic E-state index is 13.0. The Hall–Kier alpha value is -2.65. The molecule has 1 N–H and O–H groups in total. The molecule has 1 unspecified atom stereocenters. The fourth-order valence-electron chi connectivity index (χ4n) is 3.73. The Kier molecular flexibility index (Phi) is 10.6. The van der Waals surface area contributed by atoms with Crippen molar-refractivity contribution in [3.63, 3.8) is 0 Å². The summed E-state index contributed by atoms with van der Waals surface area (Å²) in [5.74, 6) is -0.883. The van der Waals surface area contributed by atoms with Crippen molar-refractivity contribution >= 4 is 69.7 Å². The molecule has 38 heavy (non-hydrogen) atoms. The fourth-order valence-corrected chi connectivity index (χ4v) is 4.56. The van der Waals surface area contributed by atoms with E-state index in [0.717, 1.165) is 0 Å². The lowest BCUT2D eigenvalue weighted by Gasteiger charge is -2.26. The SMILES string of the molecule is CCC(=O)NC(C(=O)CCN(C(=O)C(Cl)Cl)c1ccnc(-c2cc(-c3c(Cl)cccc3Cl)no2)c1)C(C)C. The first-order valence-corrected chi connectivity index (χ1v) is 13.5. The van der Waals surface area contributed by atoms with Crippen molar-refractivity contribution in [3.05, 3.63) is 52.6 Å². The Morgan fingerprint density at radius 2 is 1.74 bits per heavy atom. The van der Waals surface area contributed by atoms with E-state index in [1.807, 2.05) is 13.8 Å². The Labute approximate surface area is 240 Å². The number of pyridine rings is 1. The molecular formula is C26H26Cl4N4O4. The van der Waals surface area contributed by atoms with Crippen LogP contribution in [-0.4, -0.2) is 45.2 Å². The van der Waals surface area contributed by atoms with E-state index in [1.54, 1.807) is 43.3 Å². The predicted octanol–water partition coefficient (Wildman–Crippen LogP) is 6.36. The van der Waals surface area contributed by atoms with Gasteiger partial charge in [-0.2, -0.15) is 0 Å². The summed E-state index contributed by atoms with van der Waals surface area (Å²) < 4.78 is 5.48. The number of rotatable bonds is 11. The van der Waals surface area contributed by atoms with E-state index in [2.05, 4.69) is 15.5 Å². The molecule has 2 aromatic heterocycles. The first-order chi connectivity index (χ1) is 18.0. The van der Waals surface area contributed by atoms with Gasteiger partial charge in [-0.05, 0) is 30.2 Å². The molecule has 0 fully saturated rings. The lowest BCUT2D eigenvalue weighted by molar-refractivity contribution is -0.128. The highest BCUT2D eigenvalue weighted by molar-refractivity contribution is 6.54. The van der Waals surface area contributed by atoms with Crippen LogP contribution in [0.25, 0.3) is 22.7 Å².